The maximum absolute atomic E-state index is 13.5. The van der Waals surface area contributed by atoms with Gasteiger partial charge in [0, 0.05) is 6.42 Å². The van der Waals surface area contributed by atoms with Gasteiger partial charge < -0.3 is 0 Å². The number of hydrogen-bond acceptors (Lipinski definition) is 1. The van der Waals surface area contributed by atoms with Gasteiger partial charge in [-0.1, -0.05) is 6.07 Å². The van der Waals surface area contributed by atoms with Gasteiger partial charge in [0.05, 0.1) is 5.56 Å². The molecule has 0 saturated heterocycles. The molecule has 1 aromatic rings. The van der Waals surface area contributed by atoms with E-state index in [0.29, 0.717) is 12.0 Å². The normalized spacial score (nSPS) is 16.3. The van der Waals surface area contributed by atoms with Crippen molar-refractivity contribution in [2.45, 2.75) is 32.6 Å². The van der Waals surface area contributed by atoms with Crippen LogP contribution in [0.4, 0.5) is 4.39 Å². The third-order valence-electron chi connectivity index (χ3n) is 2.86. The van der Waals surface area contributed by atoms with Crippen LogP contribution < -0.4 is 0 Å². The Kier molecular flexibility index (Phi) is 2.36. The molecule has 2 rings (SSSR count). The van der Waals surface area contributed by atoms with E-state index in [9.17, 15) is 9.18 Å². The van der Waals surface area contributed by atoms with Crippen molar-refractivity contribution in [3.05, 3.63) is 34.6 Å². The van der Waals surface area contributed by atoms with Crippen molar-refractivity contribution in [1.82, 2.24) is 0 Å². The highest BCUT2D eigenvalue weighted by Gasteiger charge is 2.20. The minimum absolute atomic E-state index is 0.0290. The Morgan fingerprint density at radius 1 is 1.21 bits per heavy atom. The molecule has 0 unspecified atom stereocenters. The van der Waals surface area contributed by atoms with Crippen LogP contribution in [0.5, 0.6) is 0 Å². The predicted octanol–water partition coefficient (Wildman–Crippen LogP) is 3.04. The van der Waals surface area contributed by atoms with Gasteiger partial charge in [-0.25, -0.2) is 4.39 Å². The van der Waals surface area contributed by atoms with Crippen LogP contribution in [-0.4, -0.2) is 5.78 Å². The molecule has 0 saturated carbocycles. The maximum Gasteiger partial charge on any atom is 0.166 e. The third-order valence-corrected chi connectivity index (χ3v) is 2.86. The quantitative estimate of drug-likeness (QED) is 0.577. The van der Waals surface area contributed by atoms with E-state index in [-0.39, 0.29) is 11.6 Å². The van der Waals surface area contributed by atoms with Crippen LogP contribution in [0, 0.1) is 12.7 Å². The summed E-state index contributed by atoms with van der Waals surface area (Å²) in [7, 11) is 0. The number of rotatable bonds is 0. The van der Waals surface area contributed by atoms with E-state index in [0.717, 1.165) is 30.4 Å². The number of hydrogen-bond donors (Lipinski definition) is 0. The highest BCUT2D eigenvalue weighted by atomic mass is 19.1. The first-order valence-electron chi connectivity index (χ1n) is 5.01. The molecule has 1 aliphatic rings. The van der Waals surface area contributed by atoms with Crippen LogP contribution in [0.2, 0.25) is 0 Å². The van der Waals surface area contributed by atoms with E-state index in [1.54, 1.807) is 6.07 Å². The number of Topliss-reactive ketones (excluding diaryl/α,β-unsaturated/α-hetero) is 1. The lowest BCUT2D eigenvalue weighted by Gasteiger charge is -2.08. The molecule has 0 fully saturated rings. The Balaban J connectivity index is 2.62. The zero-order valence-electron chi connectivity index (χ0n) is 8.27. The predicted molar refractivity (Wildman–Crippen MR) is 53.0 cm³/mol. The van der Waals surface area contributed by atoms with E-state index in [4.69, 9.17) is 0 Å². The highest BCUT2D eigenvalue weighted by Crippen LogP contribution is 2.25. The van der Waals surface area contributed by atoms with Gasteiger partial charge in [0.2, 0.25) is 0 Å². The largest absolute Gasteiger partial charge is 0.294 e. The average Bonchev–Trinajstić information content (AvgIpc) is 2.35. The summed E-state index contributed by atoms with van der Waals surface area (Å²) in [6, 6.07) is 3.16. The lowest BCUT2D eigenvalue weighted by atomic mass is 9.97. The molecule has 0 amide bonds. The summed E-state index contributed by atoms with van der Waals surface area (Å²) in [6.45, 7) is 1.94. The van der Waals surface area contributed by atoms with Gasteiger partial charge in [0.1, 0.15) is 5.82 Å². The van der Waals surface area contributed by atoms with Crippen LogP contribution >= 0.6 is 0 Å². The second-order valence-corrected chi connectivity index (χ2v) is 3.85. The summed E-state index contributed by atoms with van der Waals surface area (Å²) in [6.07, 6.45) is 3.20. The van der Waals surface area contributed by atoms with Gasteiger partial charge in [-0.15, -0.1) is 0 Å². The summed E-state index contributed by atoms with van der Waals surface area (Å²) in [5.41, 5.74) is 2.31. The molecular weight excluding hydrogens is 179 g/mol. The van der Waals surface area contributed by atoms with Crippen LogP contribution in [0.25, 0.3) is 0 Å². The molecule has 0 spiro atoms. The second-order valence-electron chi connectivity index (χ2n) is 3.85. The fraction of sp³-hybridized carbons (Fsp3) is 0.417. The molecule has 0 N–H and O–H groups in total. The highest BCUT2D eigenvalue weighted by molar-refractivity contribution is 5.98. The molecule has 1 aliphatic carbocycles. The Morgan fingerprint density at radius 3 is 2.71 bits per heavy atom. The van der Waals surface area contributed by atoms with Crippen LogP contribution in [0.1, 0.15) is 40.7 Å². The molecular formula is C12H13FO. The second kappa shape index (κ2) is 3.52. The molecule has 0 bridgehead atoms. The molecule has 74 valence electrons. The fourth-order valence-electron chi connectivity index (χ4n) is 2.06. The van der Waals surface area contributed by atoms with Gasteiger partial charge >= 0.3 is 0 Å². The topological polar surface area (TPSA) is 17.1 Å². The summed E-state index contributed by atoms with van der Waals surface area (Å²) in [5, 5.41) is 0. The van der Waals surface area contributed by atoms with Crippen molar-refractivity contribution >= 4 is 5.78 Å². The first kappa shape index (κ1) is 9.38. The maximum atomic E-state index is 13.5. The van der Waals surface area contributed by atoms with Crippen molar-refractivity contribution in [1.29, 1.82) is 0 Å². The number of ketones is 1. The minimum Gasteiger partial charge on any atom is -0.294 e. The standard InChI is InChI=1S/C12H13FO/c1-8-6-7-10(13)12-9(8)4-2-3-5-11(12)14/h6-7H,2-5H2,1H3. The SMILES string of the molecule is Cc1ccc(F)c2c1CCCCC2=O. The van der Waals surface area contributed by atoms with Gasteiger partial charge in [-0.05, 0) is 43.4 Å². The van der Waals surface area contributed by atoms with Crippen molar-refractivity contribution in [3.63, 3.8) is 0 Å². The Hall–Kier alpha value is -1.18. The van der Waals surface area contributed by atoms with Gasteiger partial charge in [-0.2, -0.15) is 0 Å². The molecule has 1 nitrogen and oxygen atoms in total. The Labute approximate surface area is 82.9 Å². The van der Waals surface area contributed by atoms with Gasteiger partial charge in [-0.3, -0.25) is 4.79 Å². The monoisotopic (exact) mass is 192 g/mol. The van der Waals surface area contributed by atoms with Crippen molar-refractivity contribution in [3.8, 4) is 0 Å². The zero-order valence-corrected chi connectivity index (χ0v) is 8.27. The average molecular weight is 192 g/mol. The molecule has 0 radical (unpaired) electrons. The lowest BCUT2D eigenvalue weighted by Crippen LogP contribution is -2.05. The van der Waals surface area contributed by atoms with Crippen LogP contribution in [0.3, 0.4) is 0 Å². The van der Waals surface area contributed by atoms with E-state index in [1.165, 1.54) is 6.07 Å². The number of carbonyl (C=O) groups is 1. The molecule has 0 heterocycles. The third kappa shape index (κ3) is 1.45. The van der Waals surface area contributed by atoms with Crippen molar-refractivity contribution in [2.75, 3.05) is 0 Å². The zero-order chi connectivity index (χ0) is 10.1. The fourth-order valence-corrected chi connectivity index (χ4v) is 2.06. The van der Waals surface area contributed by atoms with Gasteiger partial charge in [0.25, 0.3) is 0 Å². The summed E-state index contributed by atoms with van der Waals surface area (Å²) in [5.74, 6) is -0.379. The van der Waals surface area contributed by atoms with E-state index in [1.807, 2.05) is 6.92 Å². The van der Waals surface area contributed by atoms with Crippen molar-refractivity contribution < 1.29 is 9.18 Å². The van der Waals surface area contributed by atoms with Gasteiger partial charge in [0.15, 0.2) is 5.78 Å². The number of aryl methyl sites for hydroxylation is 1. The van der Waals surface area contributed by atoms with Crippen molar-refractivity contribution in [2.24, 2.45) is 0 Å². The molecule has 0 atom stereocenters. The first-order chi connectivity index (χ1) is 6.70. The van der Waals surface area contributed by atoms with Crippen LogP contribution in [0.15, 0.2) is 12.1 Å². The summed E-state index contributed by atoms with van der Waals surface area (Å²) in [4.78, 5) is 11.6. The Bertz CT molecular complexity index is 382. The Morgan fingerprint density at radius 2 is 1.93 bits per heavy atom. The molecule has 2 heteroatoms. The summed E-state index contributed by atoms with van der Waals surface area (Å²) < 4.78 is 13.5. The lowest BCUT2D eigenvalue weighted by molar-refractivity contribution is 0.0978. The number of fused-ring (bicyclic) bond motifs is 1. The smallest absolute Gasteiger partial charge is 0.166 e. The molecule has 0 aliphatic heterocycles. The van der Waals surface area contributed by atoms with Crippen LogP contribution in [-0.2, 0) is 6.42 Å². The minimum atomic E-state index is -0.350. The number of benzene rings is 1. The number of halogens is 1. The summed E-state index contributed by atoms with van der Waals surface area (Å²) >= 11 is 0. The first-order valence-corrected chi connectivity index (χ1v) is 5.01. The van der Waals surface area contributed by atoms with E-state index in [2.05, 4.69) is 0 Å². The van der Waals surface area contributed by atoms with E-state index < -0.39 is 0 Å². The molecule has 0 aromatic heterocycles. The number of carbonyl (C=O) groups excluding carboxylic acids is 1. The molecule has 14 heavy (non-hydrogen) atoms. The van der Waals surface area contributed by atoms with E-state index >= 15 is 0 Å². The molecule has 1 aromatic carbocycles.